The van der Waals surface area contributed by atoms with Crippen LogP contribution in [0.25, 0.3) is 0 Å². The summed E-state index contributed by atoms with van der Waals surface area (Å²) in [6, 6.07) is 0. The van der Waals surface area contributed by atoms with E-state index in [2.05, 4.69) is 12.6 Å². The lowest BCUT2D eigenvalue weighted by Crippen LogP contribution is -2.25. The zero-order valence-electron chi connectivity index (χ0n) is 6.12. The average molecular weight is 158 g/mol. The Bertz CT molecular complexity index is 114. The summed E-state index contributed by atoms with van der Waals surface area (Å²) in [4.78, 5) is 0. The van der Waals surface area contributed by atoms with E-state index in [0.717, 1.165) is 11.7 Å². The van der Waals surface area contributed by atoms with E-state index in [-0.39, 0.29) is 0 Å². The van der Waals surface area contributed by atoms with Crippen molar-refractivity contribution in [2.45, 2.75) is 37.9 Å². The molecule has 58 valence electrons. The number of fused-ring (bicyclic) bond motifs is 2. The third kappa shape index (κ3) is 1.19. The first-order valence-corrected chi connectivity index (χ1v) is 4.78. The summed E-state index contributed by atoms with van der Waals surface area (Å²) < 4.78 is 5.70. The standard InChI is InChI=1S/C8H14OS/c10-5-6-3-7-1-2-8(4-6)9-7/h6-8,10H,1-5H2. The van der Waals surface area contributed by atoms with Crippen LogP contribution in [0.15, 0.2) is 0 Å². The predicted octanol–water partition coefficient (Wildman–Crippen LogP) is 1.87. The highest BCUT2D eigenvalue weighted by atomic mass is 32.1. The second-order valence-electron chi connectivity index (χ2n) is 3.48. The second kappa shape index (κ2) is 2.74. The molecule has 2 heterocycles. The zero-order valence-corrected chi connectivity index (χ0v) is 7.02. The summed E-state index contributed by atoms with van der Waals surface area (Å²) in [7, 11) is 0. The van der Waals surface area contributed by atoms with E-state index >= 15 is 0 Å². The van der Waals surface area contributed by atoms with Gasteiger partial charge in [-0.2, -0.15) is 12.6 Å². The van der Waals surface area contributed by atoms with Crippen LogP contribution in [0.1, 0.15) is 25.7 Å². The van der Waals surface area contributed by atoms with Gasteiger partial charge in [-0.3, -0.25) is 0 Å². The second-order valence-corrected chi connectivity index (χ2v) is 3.84. The van der Waals surface area contributed by atoms with Crippen LogP contribution in [0.2, 0.25) is 0 Å². The van der Waals surface area contributed by atoms with Crippen LogP contribution in [0.4, 0.5) is 0 Å². The first-order valence-electron chi connectivity index (χ1n) is 4.15. The molecule has 0 aromatic heterocycles. The summed E-state index contributed by atoms with van der Waals surface area (Å²) in [5.41, 5.74) is 0. The topological polar surface area (TPSA) is 9.23 Å². The molecule has 2 unspecified atom stereocenters. The lowest BCUT2D eigenvalue weighted by molar-refractivity contribution is -0.0142. The minimum absolute atomic E-state index is 0.593. The Morgan fingerprint density at radius 1 is 1.20 bits per heavy atom. The molecule has 0 aromatic rings. The quantitative estimate of drug-likeness (QED) is 0.573. The molecule has 0 aliphatic carbocycles. The van der Waals surface area contributed by atoms with Gasteiger partial charge < -0.3 is 4.74 Å². The van der Waals surface area contributed by atoms with Crippen molar-refractivity contribution >= 4 is 12.6 Å². The number of hydrogen-bond acceptors (Lipinski definition) is 2. The van der Waals surface area contributed by atoms with Crippen LogP contribution in [-0.2, 0) is 4.74 Å². The molecule has 0 amide bonds. The Morgan fingerprint density at radius 3 is 2.30 bits per heavy atom. The van der Waals surface area contributed by atoms with Crippen molar-refractivity contribution in [1.82, 2.24) is 0 Å². The van der Waals surface area contributed by atoms with Crippen LogP contribution in [-0.4, -0.2) is 18.0 Å². The molecule has 2 heteroatoms. The molecule has 10 heavy (non-hydrogen) atoms. The van der Waals surface area contributed by atoms with E-state index in [9.17, 15) is 0 Å². The van der Waals surface area contributed by atoms with Gasteiger partial charge in [0.2, 0.25) is 0 Å². The van der Waals surface area contributed by atoms with Crippen molar-refractivity contribution < 1.29 is 4.74 Å². The van der Waals surface area contributed by atoms with Gasteiger partial charge in [0.1, 0.15) is 0 Å². The highest BCUT2D eigenvalue weighted by molar-refractivity contribution is 7.80. The molecule has 0 spiro atoms. The summed E-state index contributed by atoms with van der Waals surface area (Å²) in [5, 5.41) is 0. The van der Waals surface area contributed by atoms with Crippen molar-refractivity contribution in [2.24, 2.45) is 5.92 Å². The Labute approximate surface area is 67.6 Å². The maximum Gasteiger partial charge on any atom is 0.0582 e. The minimum atomic E-state index is 0.593. The fourth-order valence-corrected chi connectivity index (χ4v) is 2.41. The van der Waals surface area contributed by atoms with Crippen LogP contribution in [0.5, 0.6) is 0 Å². The third-order valence-electron chi connectivity index (χ3n) is 2.65. The van der Waals surface area contributed by atoms with E-state index in [1.807, 2.05) is 0 Å². The molecule has 0 N–H and O–H groups in total. The molecular formula is C8H14OS. The molecule has 2 bridgehead atoms. The molecule has 2 atom stereocenters. The molecule has 0 aromatic carbocycles. The lowest BCUT2D eigenvalue weighted by Gasteiger charge is -2.26. The normalized spacial score (nSPS) is 45.9. The lowest BCUT2D eigenvalue weighted by atomic mass is 9.98. The van der Waals surface area contributed by atoms with Crippen LogP contribution in [0.3, 0.4) is 0 Å². The van der Waals surface area contributed by atoms with Gasteiger partial charge in [-0.05, 0) is 37.4 Å². The SMILES string of the molecule is SCC1CC2CCC(C1)O2. The Kier molecular flexibility index (Phi) is 1.92. The van der Waals surface area contributed by atoms with Crippen LogP contribution in [0, 0.1) is 5.92 Å². The maximum absolute atomic E-state index is 5.70. The van der Waals surface area contributed by atoms with Crippen molar-refractivity contribution in [1.29, 1.82) is 0 Å². The maximum atomic E-state index is 5.70. The molecule has 2 fully saturated rings. The van der Waals surface area contributed by atoms with Crippen molar-refractivity contribution in [3.05, 3.63) is 0 Å². The van der Waals surface area contributed by atoms with Gasteiger partial charge in [0, 0.05) is 0 Å². The van der Waals surface area contributed by atoms with Gasteiger partial charge in [0.05, 0.1) is 12.2 Å². The molecule has 0 radical (unpaired) electrons. The molecule has 2 saturated heterocycles. The van der Waals surface area contributed by atoms with Gasteiger partial charge in [-0.1, -0.05) is 0 Å². The van der Waals surface area contributed by atoms with Gasteiger partial charge in [0.25, 0.3) is 0 Å². The number of hydrogen-bond donors (Lipinski definition) is 1. The number of ether oxygens (including phenoxy) is 1. The van der Waals surface area contributed by atoms with Crippen LogP contribution < -0.4 is 0 Å². The minimum Gasteiger partial charge on any atom is -0.375 e. The highest BCUT2D eigenvalue weighted by Gasteiger charge is 2.33. The summed E-state index contributed by atoms with van der Waals surface area (Å²) in [5.74, 6) is 1.89. The van der Waals surface area contributed by atoms with Gasteiger partial charge in [-0.25, -0.2) is 0 Å². The van der Waals surface area contributed by atoms with Gasteiger partial charge >= 0.3 is 0 Å². The third-order valence-corrected chi connectivity index (χ3v) is 3.16. The van der Waals surface area contributed by atoms with Crippen molar-refractivity contribution in [2.75, 3.05) is 5.75 Å². The molecule has 1 nitrogen and oxygen atoms in total. The Morgan fingerprint density at radius 2 is 1.80 bits per heavy atom. The fourth-order valence-electron chi connectivity index (χ4n) is 2.12. The largest absolute Gasteiger partial charge is 0.375 e. The summed E-state index contributed by atoms with van der Waals surface area (Å²) >= 11 is 4.32. The van der Waals surface area contributed by atoms with E-state index < -0.39 is 0 Å². The molecule has 2 aliphatic heterocycles. The predicted molar refractivity (Wildman–Crippen MR) is 44.5 cm³/mol. The van der Waals surface area contributed by atoms with Crippen LogP contribution >= 0.6 is 12.6 Å². The number of rotatable bonds is 1. The smallest absolute Gasteiger partial charge is 0.0582 e. The monoisotopic (exact) mass is 158 g/mol. The fraction of sp³-hybridized carbons (Fsp3) is 1.00. The van der Waals surface area contributed by atoms with E-state index in [1.165, 1.54) is 25.7 Å². The molecule has 0 saturated carbocycles. The van der Waals surface area contributed by atoms with E-state index in [0.29, 0.717) is 12.2 Å². The Balaban J connectivity index is 1.96. The first-order chi connectivity index (χ1) is 4.88. The molecule has 2 aliphatic rings. The van der Waals surface area contributed by atoms with E-state index in [4.69, 9.17) is 4.74 Å². The van der Waals surface area contributed by atoms with Gasteiger partial charge in [-0.15, -0.1) is 0 Å². The number of thiol groups is 1. The molecular weight excluding hydrogens is 144 g/mol. The zero-order chi connectivity index (χ0) is 6.97. The van der Waals surface area contributed by atoms with Crippen molar-refractivity contribution in [3.63, 3.8) is 0 Å². The Hall–Kier alpha value is 0.310. The summed E-state index contributed by atoms with van der Waals surface area (Å²) in [6.07, 6.45) is 6.32. The molecule has 2 rings (SSSR count). The van der Waals surface area contributed by atoms with E-state index in [1.54, 1.807) is 0 Å². The van der Waals surface area contributed by atoms with Gasteiger partial charge in [0.15, 0.2) is 0 Å². The van der Waals surface area contributed by atoms with Crippen molar-refractivity contribution in [3.8, 4) is 0 Å². The highest BCUT2D eigenvalue weighted by Crippen LogP contribution is 2.35. The first kappa shape index (κ1) is 6.99. The average Bonchev–Trinajstić information content (AvgIpc) is 2.30. The summed E-state index contributed by atoms with van der Waals surface area (Å²) in [6.45, 7) is 0.